The van der Waals surface area contributed by atoms with Gasteiger partial charge in [-0.1, -0.05) is 11.8 Å². The number of ether oxygens (including phenoxy) is 1. The molecule has 0 bridgehead atoms. The van der Waals surface area contributed by atoms with Gasteiger partial charge in [0.05, 0.1) is 7.11 Å². The van der Waals surface area contributed by atoms with Crippen LogP contribution in [-0.2, 0) is 0 Å². The number of benzene rings is 1. The van der Waals surface area contributed by atoms with Crippen molar-refractivity contribution >= 4 is 0 Å². The molecule has 68 valence electrons. The monoisotopic (exact) mass is 180 g/mol. The molecule has 1 aromatic rings. The van der Waals surface area contributed by atoms with Crippen LogP contribution in [0.2, 0.25) is 0 Å². The first-order chi connectivity index (χ1) is 6.27. The fraction of sp³-hybridized carbons (Fsp3) is 0.200. The van der Waals surface area contributed by atoms with Gasteiger partial charge >= 0.3 is 0 Å². The number of hydrogen-bond acceptors (Lipinski definition) is 2. The molecule has 0 radical (unpaired) electrons. The minimum atomic E-state index is -0.452. The molecule has 0 fully saturated rings. The molecule has 2 nitrogen and oxygen atoms in total. The zero-order chi connectivity index (χ0) is 9.68. The van der Waals surface area contributed by atoms with Crippen LogP contribution < -0.4 is 4.74 Å². The molecule has 0 spiro atoms. The van der Waals surface area contributed by atoms with E-state index in [1.165, 1.54) is 19.2 Å². The average molecular weight is 180 g/mol. The van der Waals surface area contributed by atoms with E-state index in [4.69, 9.17) is 9.84 Å². The Morgan fingerprint density at radius 2 is 2.31 bits per heavy atom. The first-order valence-corrected chi connectivity index (χ1v) is 3.71. The zero-order valence-corrected chi connectivity index (χ0v) is 7.17. The predicted octanol–water partition coefficient (Wildman–Crippen LogP) is 1.18. The minimum absolute atomic E-state index is 0.189. The number of halogens is 1. The zero-order valence-electron chi connectivity index (χ0n) is 7.17. The van der Waals surface area contributed by atoms with Gasteiger partial charge in [-0.25, -0.2) is 4.39 Å². The summed E-state index contributed by atoms with van der Waals surface area (Å²) in [6, 6.07) is 4.39. The number of aliphatic hydroxyl groups is 1. The molecule has 0 atom stereocenters. The number of hydrogen-bond donors (Lipinski definition) is 1. The Morgan fingerprint density at radius 3 is 2.85 bits per heavy atom. The quantitative estimate of drug-likeness (QED) is 0.657. The lowest BCUT2D eigenvalue weighted by atomic mass is 10.2. The van der Waals surface area contributed by atoms with Crippen LogP contribution in [0.15, 0.2) is 18.2 Å². The maximum atomic E-state index is 13.0. The lowest BCUT2D eigenvalue weighted by Gasteiger charge is -2.00. The van der Waals surface area contributed by atoms with Crippen molar-refractivity contribution in [3.05, 3.63) is 29.6 Å². The minimum Gasteiger partial charge on any atom is -0.494 e. The van der Waals surface area contributed by atoms with Crippen molar-refractivity contribution in [2.45, 2.75) is 0 Å². The fourth-order valence-corrected chi connectivity index (χ4v) is 0.886. The molecule has 1 N–H and O–H groups in total. The second kappa shape index (κ2) is 4.48. The second-order valence-corrected chi connectivity index (χ2v) is 2.31. The number of aliphatic hydroxyl groups excluding tert-OH is 1. The van der Waals surface area contributed by atoms with E-state index in [1.807, 2.05) is 0 Å². The molecular weight excluding hydrogens is 171 g/mol. The molecule has 0 saturated carbocycles. The van der Waals surface area contributed by atoms with Gasteiger partial charge in [-0.05, 0) is 18.2 Å². The highest BCUT2D eigenvalue weighted by molar-refractivity contribution is 5.39. The Kier molecular flexibility index (Phi) is 3.30. The maximum absolute atomic E-state index is 13.0. The Hall–Kier alpha value is -1.53. The van der Waals surface area contributed by atoms with Gasteiger partial charge in [0.2, 0.25) is 0 Å². The molecular formula is C10H9FO2. The highest BCUT2D eigenvalue weighted by Gasteiger charge is 2.00. The van der Waals surface area contributed by atoms with Gasteiger partial charge in [-0.3, -0.25) is 0 Å². The van der Waals surface area contributed by atoms with Crippen molar-refractivity contribution in [2.75, 3.05) is 13.7 Å². The van der Waals surface area contributed by atoms with Crippen LogP contribution in [0.1, 0.15) is 5.56 Å². The van der Waals surface area contributed by atoms with Gasteiger partial charge in [-0.2, -0.15) is 0 Å². The molecule has 0 unspecified atom stereocenters. The van der Waals surface area contributed by atoms with E-state index in [-0.39, 0.29) is 12.4 Å². The van der Waals surface area contributed by atoms with Gasteiger partial charge in [-0.15, -0.1) is 0 Å². The summed E-state index contributed by atoms with van der Waals surface area (Å²) in [5, 5.41) is 8.41. The largest absolute Gasteiger partial charge is 0.494 e. The molecule has 0 aliphatic carbocycles. The Bertz CT molecular complexity index is 350. The first-order valence-electron chi connectivity index (χ1n) is 3.71. The molecule has 0 amide bonds. The standard InChI is InChI=1S/C10H9FO2/c1-13-10-5-4-8(3-2-6-12)7-9(10)11/h4-5,7,12H,6H2,1H3. The van der Waals surface area contributed by atoms with Crippen LogP contribution in [-0.4, -0.2) is 18.8 Å². The van der Waals surface area contributed by atoms with Crippen molar-refractivity contribution in [3.8, 4) is 17.6 Å². The van der Waals surface area contributed by atoms with Crippen molar-refractivity contribution in [2.24, 2.45) is 0 Å². The molecule has 3 heteroatoms. The molecule has 1 aromatic carbocycles. The van der Waals surface area contributed by atoms with Crippen LogP contribution in [0.25, 0.3) is 0 Å². The number of rotatable bonds is 1. The topological polar surface area (TPSA) is 29.5 Å². The lowest BCUT2D eigenvalue weighted by molar-refractivity contribution is 0.350. The van der Waals surface area contributed by atoms with E-state index in [9.17, 15) is 4.39 Å². The van der Waals surface area contributed by atoms with Gasteiger partial charge in [0.15, 0.2) is 11.6 Å². The van der Waals surface area contributed by atoms with Gasteiger partial charge in [0, 0.05) is 5.56 Å². The normalized spacial score (nSPS) is 8.85. The summed E-state index contributed by atoms with van der Waals surface area (Å²) in [6.45, 7) is -0.229. The van der Waals surface area contributed by atoms with E-state index in [0.717, 1.165) is 0 Å². The van der Waals surface area contributed by atoms with E-state index in [0.29, 0.717) is 5.56 Å². The maximum Gasteiger partial charge on any atom is 0.166 e. The van der Waals surface area contributed by atoms with Crippen molar-refractivity contribution in [1.82, 2.24) is 0 Å². The highest BCUT2D eigenvalue weighted by atomic mass is 19.1. The van der Waals surface area contributed by atoms with Crippen molar-refractivity contribution in [3.63, 3.8) is 0 Å². The third kappa shape index (κ3) is 2.46. The van der Waals surface area contributed by atoms with Crippen LogP contribution >= 0.6 is 0 Å². The summed E-state index contributed by atoms with van der Waals surface area (Å²) < 4.78 is 17.8. The molecule has 0 aliphatic rings. The third-order valence-electron chi connectivity index (χ3n) is 1.46. The summed E-state index contributed by atoms with van der Waals surface area (Å²) in [4.78, 5) is 0. The molecule has 1 rings (SSSR count). The van der Waals surface area contributed by atoms with Crippen LogP contribution in [0.3, 0.4) is 0 Å². The summed E-state index contributed by atoms with van der Waals surface area (Å²) in [5.74, 6) is 4.76. The van der Waals surface area contributed by atoms with E-state index in [2.05, 4.69) is 11.8 Å². The summed E-state index contributed by atoms with van der Waals surface area (Å²) in [5.41, 5.74) is 0.521. The Labute approximate surface area is 76.0 Å². The molecule has 0 heterocycles. The van der Waals surface area contributed by atoms with Gasteiger partial charge < -0.3 is 9.84 Å². The summed E-state index contributed by atoms with van der Waals surface area (Å²) in [6.07, 6.45) is 0. The average Bonchev–Trinajstić information content (AvgIpc) is 2.15. The lowest BCUT2D eigenvalue weighted by Crippen LogP contribution is -1.88. The van der Waals surface area contributed by atoms with Gasteiger partial charge in [0.1, 0.15) is 6.61 Å². The third-order valence-corrected chi connectivity index (χ3v) is 1.46. The van der Waals surface area contributed by atoms with Crippen molar-refractivity contribution in [1.29, 1.82) is 0 Å². The van der Waals surface area contributed by atoms with E-state index >= 15 is 0 Å². The summed E-state index contributed by atoms with van der Waals surface area (Å²) in [7, 11) is 1.40. The Morgan fingerprint density at radius 1 is 1.54 bits per heavy atom. The predicted molar refractivity (Wildman–Crippen MR) is 46.9 cm³/mol. The molecule has 0 aromatic heterocycles. The molecule has 0 saturated heterocycles. The number of methoxy groups -OCH3 is 1. The van der Waals surface area contributed by atoms with E-state index < -0.39 is 5.82 Å². The van der Waals surface area contributed by atoms with E-state index in [1.54, 1.807) is 6.07 Å². The van der Waals surface area contributed by atoms with Gasteiger partial charge in [0.25, 0.3) is 0 Å². The van der Waals surface area contributed by atoms with Crippen LogP contribution in [0, 0.1) is 17.7 Å². The first kappa shape index (κ1) is 9.56. The SMILES string of the molecule is COc1ccc(C#CCO)cc1F. The second-order valence-electron chi connectivity index (χ2n) is 2.31. The summed E-state index contributed by atoms with van der Waals surface area (Å²) >= 11 is 0. The van der Waals surface area contributed by atoms with Crippen molar-refractivity contribution < 1.29 is 14.2 Å². The smallest absolute Gasteiger partial charge is 0.166 e. The molecule has 13 heavy (non-hydrogen) atoms. The molecule has 0 aliphatic heterocycles. The highest BCUT2D eigenvalue weighted by Crippen LogP contribution is 2.16. The fourth-order valence-electron chi connectivity index (χ4n) is 0.886. The Balaban J connectivity index is 2.96. The van der Waals surface area contributed by atoms with Crippen LogP contribution in [0.4, 0.5) is 4.39 Å². The van der Waals surface area contributed by atoms with Crippen LogP contribution in [0.5, 0.6) is 5.75 Å².